The van der Waals surface area contributed by atoms with Crippen LogP contribution >= 0.6 is 11.6 Å². The highest BCUT2D eigenvalue weighted by Crippen LogP contribution is 2.19. The van der Waals surface area contributed by atoms with Crippen LogP contribution in [0.5, 0.6) is 0 Å². The average molecular weight is 355 g/mol. The summed E-state index contributed by atoms with van der Waals surface area (Å²) < 4.78 is 7.24. The maximum Gasteiger partial charge on any atom is 0.310 e. The Labute approximate surface area is 152 Å². The van der Waals surface area contributed by atoms with Crippen molar-refractivity contribution in [1.82, 2.24) is 9.78 Å². The van der Waals surface area contributed by atoms with E-state index >= 15 is 0 Å². The summed E-state index contributed by atoms with van der Waals surface area (Å²) >= 11 is 5.85. The fourth-order valence-electron chi connectivity index (χ4n) is 2.69. The summed E-state index contributed by atoms with van der Waals surface area (Å²) in [6.45, 7) is 4.12. The molecule has 0 atom stereocenters. The van der Waals surface area contributed by atoms with Crippen LogP contribution in [-0.2, 0) is 22.6 Å². The highest BCUT2D eigenvalue weighted by Gasteiger charge is 2.16. The van der Waals surface area contributed by atoms with E-state index in [0.717, 1.165) is 28.2 Å². The van der Waals surface area contributed by atoms with E-state index in [1.165, 1.54) is 0 Å². The number of hydrogen-bond donors (Lipinski definition) is 0. The molecule has 1 aromatic heterocycles. The molecule has 0 spiro atoms. The van der Waals surface area contributed by atoms with Crippen LogP contribution in [0.25, 0.3) is 5.69 Å². The van der Waals surface area contributed by atoms with Crippen LogP contribution in [-0.4, -0.2) is 15.7 Å². The highest BCUT2D eigenvalue weighted by atomic mass is 35.5. The first kappa shape index (κ1) is 17.2. The molecule has 0 bridgehead atoms. The molecule has 2 aromatic carbocycles. The van der Waals surface area contributed by atoms with E-state index in [-0.39, 0.29) is 19.0 Å². The van der Waals surface area contributed by atoms with E-state index in [1.54, 1.807) is 12.1 Å². The third-order valence-corrected chi connectivity index (χ3v) is 4.33. The normalized spacial score (nSPS) is 10.7. The summed E-state index contributed by atoms with van der Waals surface area (Å²) in [4.78, 5) is 12.2. The number of hydrogen-bond acceptors (Lipinski definition) is 3. The molecular weight excluding hydrogens is 336 g/mol. The monoisotopic (exact) mass is 354 g/mol. The maximum atomic E-state index is 12.2. The van der Waals surface area contributed by atoms with E-state index in [1.807, 2.05) is 61.0 Å². The van der Waals surface area contributed by atoms with Gasteiger partial charge in [0.25, 0.3) is 0 Å². The Morgan fingerprint density at radius 1 is 1.08 bits per heavy atom. The molecule has 0 fully saturated rings. The van der Waals surface area contributed by atoms with Gasteiger partial charge in [0.15, 0.2) is 0 Å². The minimum absolute atomic E-state index is 0.206. The Balaban J connectivity index is 1.69. The van der Waals surface area contributed by atoms with Crippen molar-refractivity contribution in [2.45, 2.75) is 26.9 Å². The van der Waals surface area contributed by atoms with Gasteiger partial charge in [0.05, 0.1) is 17.8 Å². The summed E-state index contributed by atoms with van der Waals surface area (Å²) in [6, 6.07) is 17.1. The number of para-hydroxylation sites is 1. The van der Waals surface area contributed by atoms with Crippen molar-refractivity contribution in [1.29, 1.82) is 0 Å². The molecule has 0 amide bonds. The number of aryl methyl sites for hydroxylation is 1. The van der Waals surface area contributed by atoms with Crippen molar-refractivity contribution in [2.75, 3.05) is 0 Å². The van der Waals surface area contributed by atoms with E-state index in [9.17, 15) is 4.79 Å². The molecule has 5 heteroatoms. The highest BCUT2D eigenvalue weighted by molar-refractivity contribution is 6.30. The molecule has 3 aromatic rings. The molecule has 3 rings (SSSR count). The predicted molar refractivity (Wildman–Crippen MR) is 98.0 cm³/mol. The summed E-state index contributed by atoms with van der Waals surface area (Å²) in [5.74, 6) is -0.270. The van der Waals surface area contributed by atoms with Gasteiger partial charge in [-0.15, -0.1) is 0 Å². The second-order valence-electron chi connectivity index (χ2n) is 5.86. The predicted octanol–water partition coefficient (Wildman–Crippen LogP) is 4.43. The number of carbonyl (C=O) groups is 1. The van der Waals surface area contributed by atoms with Crippen LogP contribution in [0.3, 0.4) is 0 Å². The van der Waals surface area contributed by atoms with Crippen molar-refractivity contribution in [3.05, 3.63) is 82.1 Å². The lowest BCUT2D eigenvalue weighted by atomic mass is 10.1. The zero-order chi connectivity index (χ0) is 17.8. The van der Waals surface area contributed by atoms with Gasteiger partial charge in [-0.05, 0) is 43.7 Å². The minimum atomic E-state index is -0.270. The van der Waals surface area contributed by atoms with Gasteiger partial charge in [-0.25, -0.2) is 4.68 Å². The number of halogens is 1. The fourth-order valence-corrected chi connectivity index (χ4v) is 2.82. The third-order valence-electron chi connectivity index (χ3n) is 4.08. The van der Waals surface area contributed by atoms with Crippen LogP contribution < -0.4 is 0 Å². The number of rotatable bonds is 5. The van der Waals surface area contributed by atoms with E-state index in [4.69, 9.17) is 16.3 Å². The Morgan fingerprint density at radius 3 is 2.44 bits per heavy atom. The quantitative estimate of drug-likeness (QED) is 0.637. The SMILES string of the molecule is Cc1nn(-c2ccccc2)c(C)c1CC(=O)OCc1ccc(Cl)cc1. The molecule has 4 nitrogen and oxygen atoms in total. The topological polar surface area (TPSA) is 44.1 Å². The third kappa shape index (κ3) is 4.09. The molecule has 0 aliphatic carbocycles. The number of esters is 1. The molecule has 0 aliphatic rings. The van der Waals surface area contributed by atoms with Crippen molar-refractivity contribution >= 4 is 17.6 Å². The molecule has 1 heterocycles. The van der Waals surface area contributed by atoms with Crippen LogP contribution in [0.4, 0.5) is 0 Å². The largest absolute Gasteiger partial charge is 0.461 e. The summed E-state index contributed by atoms with van der Waals surface area (Å²) in [6.07, 6.45) is 0.206. The molecule has 0 radical (unpaired) electrons. The van der Waals surface area contributed by atoms with E-state index in [0.29, 0.717) is 5.02 Å². The van der Waals surface area contributed by atoms with E-state index < -0.39 is 0 Å². The number of carbonyl (C=O) groups excluding carboxylic acids is 1. The Hall–Kier alpha value is -2.59. The molecule has 0 saturated carbocycles. The van der Waals surface area contributed by atoms with Gasteiger partial charge in [-0.3, -0.25) is 4.79 Å². The van der Waals surface area contributed by atoms with Crippen molar-refractivity contribution in [3.8, 4) is 5.69 Å². The fraction of sp³-hybridized carbons (Fsp3) is 0.200. The molecule has 128 valence electrons. The first-order valence-electron chi connectivity index (χ1n) is 8.05. The maximum absolute atomic E-state index is 12.2. The van der Waals surface area contributed by atoms with E-state index in [2.05, 4.69) is 5.10 Å². The van der Waals surface area contributed by atoms with Crippen LogP contribution in [0.1, 0.15) is 22.5 Å². The number of benzene rings is 2. The summed E-state index contributed by atoms with van der Waals surface area (Å²) in [5, 5.41) is 5.22. The van der Waals surface area contributed by atoms with Crippen molar-refractivity contribution < 1.29 is 9.53 Å². The Kier molecular flexibility index (Phi) is 5.19. The second kappa shape index (κ2) is 7.53. The van der Waals surface area contributed by atoms with Crippen LogP contribution in [0.15, 0.2) is 54.6 Å². The zero-order valence-electron chi connectivity index (χ0n) is 14.2. The molecular formula is C20H19ClN2O2. The number of ether oxygens (including phenoxy) is 1. The van der Waals surface area contributed by atoms with Gasteiger partial charge in [0.2, 0.25) is 0 Å². The molecule has 0 saturated heterocycles. The van der Waals surface area contributed by atoms with Gasteiger partial charge < -0.3 is 4.74 Å². The Bertz CT molecular complexity index is 871. The molecule has 25 heavy (non-hydrogen) atoms. The van der Waals surface area contributed by atoms with Gasteiger partial charge in [-0.2, -0.15) is 5.10 Å². The van der Waals surface area contributed by atoms with Gasteiger partial charge in [0.1, 0.15) is 6.61 Å². The Morgan fingerprint density at radius 2 is 1.76 bits per heavy atom. The van der Waals surface area contributed by atoms with Crippen LogP contribution in [0, 0.1) is 13.8 Å². The first-order valence-corrected chi connectivity index (χ1v) is 8.43. The lowest BCUT2D eigenvalue weighted by molar-refractivity contribution is -0.144. The molecule has 0 N–H and O–H groups in total. The summed E-state index contributed by atoms with van der Waals surface area (Å²) in [7, 11) is 0. The molecule has 0 unspecified atom stereocenters. The molecule has 0 aliphatic heterocycles. The van der Waals surface area contributed by atoms with Gasteiger partial charge >= 0.3 is 5.97 Å². The van der Waals surface area contributed by atoms with Crippen molar-refractivity contribution in [3.63, 3.8) is 0 Å². The standard InChI is InChI=1S/C20H19ClN2O2/c1-14-19(15(2)23(22-14)18-6-4-3-5-7-18)12-20(24)25-13-16-8-10-17(21)11-9-16/h3-11H,12-13H2,1-2H3. The number of nitrogens with zero attached hydrogens (tertiary/aromatic N) is 2. The zero-order valence-corrected chi connectivity index (χ0v) is 15.0. The first-order chi connectivity index (χ1) is 12.0. The minimum Gasteiger partial charge on any atom is -0.461 e. The second-order valence-corrected chi connectivity index (χ2v) is 6.30. The van der Waals surface area contributed by atoms with Crippen LogP contribution in [0.2, 0.25) is 5.02 Å². The van der Waals surface area contributed by atoms with Gasteiger partial charge in [-0.1, -0.05) is 41.9 Å². The summed E-state index contributed by atoms with van der Waals surface area (Å²) in [5.41, 5.74) is 4.58. The van der Waals surface area contributed by atoms with Gasteiger partial charge in [0, 0.05) is 16.3 Å². The average Bonchev–Trinajstić information content (AvgIpc) is 2.90. The lowest BCUT2D eigenvalue weighted by Gasteiger charge is -2.07. The lowest BCUT2D eigenvalue weighted by Crippen LogP contribution is -2.09. The van der Waals surface area contributed by atoms with Crippen molar-refractivity contribution in [2.24, 2.45) is 0 Å². The smallest absolute Gasteiger partial charge is 0.310 e. The number of aromatic nitrogens is 2.